The van der Waals surface area contributed by atoms with Crippen molar-refractivity contribution in [1.82, 2.24) is 19.9 Å². The van der Waals surface area contributed by atoms with Gasteiger partial charge in [-0.3, -0.25) is 33.0 Å². The van der Waals surface area contributed by atoms with Crippen LogP contribution in [-0.2, 0) is 0 Å². The van der Waals surface area contributed by atoms with Crippen LogP contribution in [0, 0.1) is 5.92 Å². The lowest BCUT2D eigenvalue weighted by atomic mass is 9.84. The Labute approximate surface area is 224 Å². The van der Waals surface area contributed by atoms with Gasteiger partial charge in [-0.15, -0.1) is 0 Å². The number of fused-ring (bicyclic) bond motifs is 1. The van der Waals surface area contributed by atoms with E-state index in [-0.39, 0.29) is 33.3 Å². The fraction of sp³-hybridized carbons (Fsp3) is 0.308. The third kappa shape index (κ3) is 4.99. The summed E-state index contributed by atoms with van der Waals surface area (Å²) in [5.41, 5.74) is 0.334. The molecule has 1 atom stereocenters. The fourth-order valence-corrected chi connectivity index (χ4v) is 6.92. The smallest absolute Gasteiger partial charge is 0.293 e. The maximum absolute atomic E-state index is 13.9. The summed E-state index contributed by atoms with van der Waals surface area (Å²) in [5, 5.41) is 15.9. The first-order valence-electron chi connectivity index (χ1n) is 12.3. The molecule has 0 radical (unpaired) electrons. The van der Waals surface area contributed by atoms with Crippen molar-refractivity contribution < 1.29 is 28.6 Å². The van der Waals surface area contributed by atoms with Crippen molar-refractivity contribution in [2.75, 3.05) is 0 Å². The Morgan fingerprint density at radius 3 is 2.66 bits per heavy atom. The van der Waals surface area contributed by atoms with Crippen LogP contribution in [0.2, 0.25) is 0 Å². The van der Waals surface area contributed by atoms with Crippen LogP contribution in [0.5, 0.6) is 5.75 Å². The molecule has 1 aliphatic rings. The summed E-state index contributed by atoms with van der Waals surface area (Å²) in [5.74, 6) is -1.01. The third-order valence-electron chi connectivity index (χ3n) is 6.92. The number of nitrogens with zero attached hydrogens (tertiary/aromatic N) is 2. The van der Waals surface area contributed by atoms with Crippen molar-refractivity contribution in [2.24, 2.45) is 5.92 Å². The van der Waals surface area contributed by atoms with Gasteiger partial charge in [-0.2, -0.15) is 11.3 Å². The van der Waals surface area contributed by atoms with Crippen LogP contribution in [0.15, 0.2) is 58.5 Å². The highest BCUT2D eigenvalue weighted by atomic mass is 32.3. The molecule has 0 spiro atoms. The number of rotatable bonds is 7. The first-order chi connectivity index (χ1) is 18.3. The predicted octanol–water partition coefficient (Wildman–Crippen LogP) is 5.49. The van der Waals surface area contributed by atoms with Crippen molar-refractivity contribution >= 4 is 49.9 Å². The van der Waals surface area contributed by atoms with Gasteiger partial charge in [0.15, 0.2) is 5.75 Å². The molecule has 1 saturated carbocycles. The van der Waals surface area contributed by atoms with E-state index < -0.39 is 33.6 Å². The van der Waals surface area contributed by atoms with Crippen LogP contribution in [0.4, 0.5) is 0 Å². The topological polar surface area (TPSA) is 158 Å². The zero-order valence-corrected chi connectivity index (χ0v) is 22.0. The zero-order chi connectivity index (χ0) is 26.9. The lowest BCUT2D eigenvalue weighted by molar-refractivity contribution is 0.0785. The average molecular weight is 557 g/mol. The fourth-order valence-electron chi connectivity index (χ4n) is 4.98. The summed E-state index contributed by atoms with van der Waals surface area (Å²) < 4.78 is 23.2. The minimum atomic E-state index is -4.13. The lowest BCUT2D eigenvalue weighted by Gasteiger charge is -2.28. The molecule has 1 amide bonds. The predicted molar refractivity (Wildman–Crippen MR) is 145 cm³/mol. The monoisotopic (exact) mass is 556 g/mol. The number of aromatic nitrogens is 3. The summed E-state index contributed by atoms with van der Waals surface area (Å²) in [7, 11) is -4.13. The van der Waals surface area contributed by atoms with Crippen LogP contribution in [-0.4, -0.2) is 51.7 Å². The van der Waals surface area contributed by atoms with Gasteiger partial charge < -0.3 is 15.4 Å². The summed E-state index contributed by atoms with van der Waals surface area (Å²) in [6.07, 6.45) is 9.25. The molecule has 10 nitrogen and oxygen atoms in total. The Bertz CT molecular complexity index is 1460. The largest absolute Gasteiger partial charge is 0.504 e. The van der Waals surface area contributed by atoms with E-state index in [0.29, 0.717) is 12.0 Å². The number of amides is 1. The molecule has 4 aromatic heterocycles. The summed E-state index contributed by atoms with van der Waals surface area (Å²) in [4.78, 5) is 46.3. The molecule has 5 rings (SSSR count). The van der Waals surface area contributed by atoms with E-state index in [1.54, 1.807) is 29.0 Å². The van der Waals surface area contributed by atoms with Crippen LogP contribution < -0.4 is 5.32 Å². The number of hydrogen-bond donors (Lipinski definition) is 5. The molecule has 4 heterocycles. The van der Waals surface area contributed by atoms with Gasteiger partial charge in [0.25, 0.3) is 16.9 Å². The van der Waals surface area contributed by atoms with Gasteiger partial charge in [-0.25, -0.2) is 0 Å². The van der Waals surface area contributed by atoms with Crippen LogP contribution in [0.1, 0.15) is 64.2 Å². The molecule has 1 fully saturated rings. The number of nitrogens with one attached hydrogen (secondary N) is 2. The Morgan fingerprint density at radius 1 is 1.18 bits per heavy atom. The zero-order valence-electron chi connectivity index (χ0n) is 20.4. The second-order valence-corrected chi connectivity index (χ2v) is 12.1. The van der Waals surface area contributed by atoms with E-state index in [4.69, 9.17) is 0 Å². The van der Waals surface area contributed by atoms with Gasteiger partial charge in [-0.1, -0.05) is 48.8 Å². The second-order valence-electron chi connectivity index (χ2n) is 9.43. The quantitative estimate of drug-likeness (QED) is 0.201. The number of carbonyl (C=O) groups is 3. The number of pyridine rings is 1. The van der Waals surface area contributed by atoms with Crippen molar-refractivity contribution in [3.8, 4) is 5.75 Å². The molecule has 38 heavy (non-hydrogen) atoms. The van der Waals surface area contributed by atoms with Gasteiger partial charge in [0.1, 0.15) is 22.1 Å². The van der Waals surface area contributed by atoms with Gasteiger partial charge in [-0.05, 0) is 35.9 Å². The number of aromatic hydroxyl groups is 1. The Kier molecular flexibility index (Phi) is 7.39. The Morgan fingerprint density at radius 2 is 1.97 bits per heavy atom. The Balaban J connectivity index is 1.53. The lowest BCUT2D eigenvalue weighted by Crippen LogP contribution is -2.44. The molecular weight excluding hydrogens is 528 g/mol. The molecule has 1 aliphatic carbocycles. The molecule has 12 heteroatoms. The van der Waals surface area contributed by atoms with Crippen molar-refractivity contribution in [1.29, 1.82) is 0 Å². The van der Waals surface area contributed by atoms with Crippen LogP contribution in [0.3, 0.4) is 0 Å². The maximum atomic E-state index is 13.9. The molecule has 1 unspecified atom stereocenters. The van der Waals surface area contributed by atoms with E-state index in [9.17, 15) is 28.6 Å². The molecule has 5 N–H and O–H groups in total. The summed E-state index contributed by atoms with van der Waals surface area (Å²) in [6, 6.07) is 5.24. The van der Waals surface area contributed by atoms with E-state index in [0.717, 1.165) is 42.9 Å². The van der Waals surface area contributed by atoms with Gasteiger partial charge in [0.05, 0.1) is 11.1 Å². The van der Waals surface area contributed by atoms with E-state index in [2.05, 4.69) is 15.3 Å². The third-order valence-corrected chi connectivity index (χ3v) is 9.26. The number of hydrogen-bond acceptors (Lipinski definition) is 8. The highest BCUT2D eigenvalue weighted by Gasteiger charge is 2.36. The van der Waals surface area contributed by atoms with Gasteiger partial charge in [0, 0.05) is 24.0 Å². The molecule has 4 aromatic rings. The first-order valence-corrected chi connectivity index (χ1v) is 14.8. The van der Waals surface area contributed by atoms with Crippen LogP contribution in [0.25, 0.3) is 11.0 Å². The SMILES string of the molecule is O=C(NC(CC1CCCCC1)C(=O)n1cc(S(O)(O)C(=O)c2ccccn2)c2[nH]cc(O)c21)c1ccsc1. The van der Waals surface area contributed by atoms with E-state index >= 15 is 0 Å². The van der Waals surface area contributed by atoms with Crippen molar-refractivity contribution in [3.63, 3.8) is 0 Å². The summed E-state index contributed by atoms with van der Waals surface area (Å²) in [6.45, 7) is 0. The van der Waals surface area contributed by atoms with E-state index in [1.807, 2.05) is 0 Å². The molecule has 200 valence electrons. The molecule has 0 bridgehead atoms. The standard InChI is InChI=1S/C26H28N4O6S2/c31-20-13-28-22-21(38(35,36)26(34)18-8-4-5-10-27-18)14-30(23(20)22)25(33)19(12-16-6-2-1-3-7-16)29-24(32)17-9-11-37-15-17/h4-5,8-11,13-16,19,28,31,35-36H,1-3,6-7,12H2,(H,29,32). The van der Waals surface area contributed by atoms with Crippen LogP contribution >= 0.6 is 21.9 Å². The highest BCUT2D eigenvalue weighted by molar-refractivity contribution is 8.37. The number of aromatic amines is 1. The number of H-pyrrole nitrogens is 1. The minimum Gasteiger partial charge on any atom is -0.504 e. The van der Waals surface area contributed by atoms with E-state index in [1.165, 1.54) is 29.8 Å². The molecular formula is C26H28N4O6S2. The number of thiophene rings is 1. The van der Waals surface area contributed by atoms with Crippen molar-refractivity contribution in [3.05, 3.63) is 64.9 Å². The Hall–Kier alpha value is -3.45. The maximum Gasteiger partial charge on any atom is 0.293 e. The number of carbonyl (C=O) groups excluding carboxylic acids is 3. The molecule has 0 aromatic carbocycles. The van der Waals surface area contributed by atoms with Gasteiger partial charge >= 0.3 is 0 Å². The average Bonchev–Trinajstić information content (AvgIpc) is 3.68. The molecule has 0 saturated heterocycles. The summed E-state index contributed by atoms with van der Waals surface area (Å²) >= 11 is 1.37. The van der Waals surface area contributed by atoms with Crippen molar-refractivity contribution in [2.45, 2.75) is 49.5 Å². The first kappa shape index (κ1) is 26.2. The second kappa shape index (κ2) is 10.7. The highest BCUT2D eigenvalue weighted by Crippen LogP contribution is 2.54. The van der Waals surface area contributed by atoms with Gasteiger partial charge in [0.2, 0.25) is 0 Å². The molecule has 0 aliphatic heterocycles. The normalized spacial score (nSPS) is 15.8. The minimum absolute atomic E-state index is 0.00257.